The number of allylic oxidation sites excluding steroid dienone is 2. The second kappa shape index (κ2) is 34.5. The molecule has 0 radical (unpaired) electrons. The number of esters is 2. The lowest BCUT2D eigenvalue weighted by Crippen LogP contribution is -2.25. The highest BCUT2D eigenvalue weighted by Crippen LogP contribution is 2.33. The Morgan fingerprint density at radius 1 is 0.660 bits per heavy atom. The van der Waals surface area contributed by atoms with Gasteiger partial charge < -0.3 is 24.8 Å². The van der Waals surface area contributed by atoms with E-state index >= 15 is 0 Å². The van der Waals surface area contributed by atoms with Crippen LogP contribution in [-0.4, -0.2) is 64.6 Å². The number of carbonyl (C=O) groups excluding carboxylic acids is 3. The molecule has 0 aromatic rings. The number of Topliss-reactive ketones (excluding diaryl/α,β-unsaturated/α-hetero) is 1. The summed E-state index contributed by atoms with van der Waals surface area (Å²) in [4.78, 5) is 36.6. The summed E-state index contributed by atoms with van der Waals surface area (Å²) in [5.74, 6) is -1.33. The van der Waals surface area contributed by atoms with Crippen LogP contribution in [0.3, 0.4) is 0 Å². The SMILES string of the molecule is CCCCCCCCCCCCCCCCCCCCCC(=O)OC[C@@H](O)COC(=O)CCC/C=C\C[C@H]1C(=O)C[C@@H](O)[C@@H]1/C=C/[C@@H](O)CCCCC. The monoisotopic (exact) mass is 749 g/mol. The zero-order valence-electron chi connectivity index (χ0n) is 34.0. The third-order valence-corrected chi connectivity index (χ3v) is 10.6. The summed E-state index contributed by atoms with van der Waals surface area (Å²) in [5, 5.41) is 30.6. The Kier molecular flexibility index (Phi) is 31.9. The molecule has 3 N–H and O–H groups in total. The molecule has 1 aliphatic rings. The van der Waals surface area contributed by atoms with Crippen LogP contribution in [0, 0.1) is 11.8 Å². The zero-order chi connectivity index (χ0) is 38.8. The molecular weight excluding hydrogens is 668 g/mol. The minimum absolute atomic E-state index is 0.0332. The fourth-order valence-corrected chi connectivity index (χ4v) is 7.13. The molecule has 0 saturated heterocycles. The molecule has 0 aliphatic heterocycles. The van der Waals surface area contributed by atoms with Crippen LogP contribution >= 0.6 is 0 Å². The molecule has 8 nitrogen and oxygen atoms in total. The normalized spacial score (nSPS) is 18.7. The Labute approximate surface area is 324 Å². The fraction of sp³-hybridized carbons (Fsp3) is 0.844. The van der Waals surface area contributed by atoms with E-state index in [9.17, 15) is 29.7 Å². The van der Waals surface area contributed by atoms with Gasteiger partial charge in [0.05, 0.1) is 12.2 Å². The average molecular weight is 749 g/mol. The third kappa shape index (κ3) is 28.1. The van der Waals surface area contributed by atoms with Crippen molar-refractivity contribution in [2.45, 2.75) is 218 Å². The van der Waals surface area contributed by atoms with Crippen molar-refractivity contribution in [3.63, 3.8) is 0 Å². The van der Waals surface area contributed by atoms with Crippen molar-refractivity contribution >= 4 is 17.7 Å². The Hall–Kier alpha value is -2.03. The number of ether oxygens (including phenoxy) is 2. The van der Waals surface area contributed by atoms with E-state index in [4.69, 9.17) is 9.47 Å². The van der Waals surface area contributed by atoms with Crippen LogP contribution in [0.2, 0.25) is 0 Å². The molecule has 1 fully saturated rings. The number of hydrogen-bond donors (Lipinski definition) is 3. The Bertz CT molecular complexity index is 962. The van der Waals surface area contributed by atoms with Gasteiger partial charge in [0.1, 0.15) is 25.1 Å². The maximum atomic E-state index is 12.4. The number of aliphatic hydroxyl groups excluding tert-OH is 3. The van der Waals surface area contributed by atoms with Gasteiger partial charge in [-0.05, 0) is 32.1 Å². The second-order valence-electron chi connectivity index (χ2n) is 15.6. The van der Waals surface area contributed by atoms with Crippen LogP contribution in [0.4, 0.5) is 0 Å². The molecule has 1 saturated carbocycles. The summed E-state index contributed by atoms with van der Waals surface area (Å²) in [6.07, 6.45) is 36.0. The summed E-state index contributed by atoms with van der Waals surface area (Å²) < 4.78 is 10.3. The molecule has 1 aliphatic carbocycles. The Morgan fingerprint density at radius 2 is 1.11 bits per heavy atom. The van der Waals surface area contributed by atoms with Crippen LogP contribution in [0.25, 0.3) is 0 Å². The molecule has 0 spiro atoms. The number of rotatable bonds is 36. The van der Waals surface area contributed by atoms with E-state index in [2.05, 4.69) is 13.8 Å². The molecule has 0 heterocycles. The van der Waals surface area contributed by atoms with Crippen molar-refractivity contribution in [3.05, 3.63) is 24.3 Å². The molecule has 0 amide bonds. The summed E-state index contributed by atoms with van der Waals surface area (Å²) in [7, 11) is 0. The highest BCUT2D eigenvalue weighted by molar-refractivity contribution is 5.84. The van der Waals surface area contributed by atoms with Crippen LogP contribution in [0.5, 0.6) is 0 Å². The maximum absolute atomic E-state index is 12.4. The van der Waals surface area contributed by atoms with Gasteiger partial charge in [0.15, 0.2) is 0 Å². The summed E-state index contributed by atoms with van der Waals surface area (Å²) in [6, 6.07) is 0. The lowest BCUT2D eigenvalue weighted by Gasteiger charge is -2.16. The van der Waals surface area contributed by atoms with Crippen molar-refractivity contribution in [2.24, 2.45) is 11.8 Å². The number of hydrogen-bond acceptors (Lipinski definition) is 8. The van der Waals surface area contributed by atoms with E-state index in [1.54, 1.807) is 12.2 Å². The molecule has 5 atom stereocenters. The van der Waals surface area contributed by atoms with Crippen LogP contribution < -0.4 is 0 Å². The quantitative estimate of drug-likeness (QED) is 0.0328. The third-order valence-electron chi connectivity index (χ3n) is 10.6. The Balaban J connectivity index is 1.98. The van der Waals surface area contributed by atoms with E-state index < -0.39 is 24.3 Å². The second-order valence-corrected chi connectivity index (χ2v) is 15.6. The summed E-state index contributed by atoms with van der Waals surface area (Å²) in [6.45, 7) is 3.99. The predicted molar refractivity (Wildman–Crippen MR) is 215 cm³/mol. The predicted octanol–water partition coefficient (Wildman–Crippen LogP) is 10.4. The minimum Gasteiger partial charge on any atom is -0.463 e. The highest BCUT2D eigenvalue weighted by atomic mass is 16.6. The highest BCUT2D eigenvalue weighted by Gasteiger charge is 2.39. The molecule has 308 valence electrons. The molecule has 0 unspecified atom stereocenters. The van der Waals surface area contributed by atoms with E-state index in [-0.39, 0.29) is 49.6 Å². The molecule has 0 bridgehead atoms. The van der Waals surface area contributed by atoms with Gasteiger partial charge in [0, 0.05) is 31.1 Å². The lowest BCUT2D eigenvalue weighted by molar-refractivity contribution is -0.152. The van der Waals surface area contributed by atoms with Crippen molar-refractivity contribution < 1.29 is 39.2 Å². The van der Waals surface area contributed by atoms with Crippen LogP contribution in [0.15, 0.2) is 24.3 Å². The summed E-state index contributed by atoms with van der Waals surface area (Å²) >= 11 is 0. The number of carbonyl (C=O) groups is 3. The average Bonchev–Trinajstić information content (AvgIpc) is 3.41. The first-order valence-corrected chi connectivity index (χ1v) is 22.0. The molecule has 0 aromatic heterocycles. The molecular formula is C45H80O8. The Morgan fingerprint density at radius 3 is 1.62 bits per heavy atom. The smallest absolute Gasteiger partial charge is 0.305 e. The minimum atomic E-state index is -1.05. The fourth-order valence-electron chi connectivity index (χ4n) is 7.13. The van der Waals surface area contributed by atoms with E-state index in [0.717, 1.165) is 38.5 Å². The first-order chi connectivity index (χ1) is 25.8. The van der Waals surface area contributed by atoms with Gasteiger partial charge in [0.25, 0.3) is 0 Å². The molecule has 53 heavy (non-hydrogen) atoms. The van der Waals surface area contributed by atoms with Crippen molar-refractivity contribution in [3.8, 4) is 0 Å². The molecule has 8 heteroatoms. The lowest BCUT2D eigenvalue weighted by atomic mass is 9.90. The first kappa shape index (κ1) is 49.0. The van der Waals surface area contributed by atoms with Gasteiger partial charge in [-0.2, -0.15) is 0 Å². The van der Waals surface area contributed by atoms with Gasteiger partial charge >= 0.3 is 11.9 Å². The van der Waals surface area contributed by atoms with Gasteiger partial charge in [-0.15, -0.1) is 0 Å². The zero-order valence-corrected chi connectivity index (χ0v) is 34.0. The summed E-state index contributed by atoms with van der Waals surface area (Å²) in [5.41, 5.74) is 0. The molecule has 0 aromatic carbocycles. The van der Waals surface area contributed by atoms with E-state index in [1.165, 1.54) is 103 Å². The van der Waals surface area contributed by atoms with Gasteiger partial charge in [-0.1, -0.05) is 173 Å². The number of aliphatic hydroxyl groups is 3. The van der Waals surface area contributed by atoms with Crippen molar-refractivity contribution in [1.29, 1.82) is 0 Å². The maximum Gasteiger partial charge on any atom is 0.305 e. The van der Waals surface area contributed by atoms with E-state index in [1.807, 2.05) is 12.2 Å². The van der Waals surface area contributed by atoms with E-state index in [0.29, 0.717) is 32.1 Å². The van der Waals surface area contributed by atoms with Crippen LogP contribution in [-0.2, 0) is 23.9 Å². The largest absolute Gasteiger partial charge is 0.463 e. The van der Waals surface area contributed by atoms with Crippen molar-refractivity contribution in [1.82, 2.24) is 0 Å². The standard InChI is InChI=1S/C45H80O8/c1-3-5-7-8-9-10-11-12-13-14-15-16-17-18-19-20-21-22-27-31-44(50)52-36-39(47)37-53-45(51)32-28-24-23-26-30-40-41(43(49)35-42(40)48)34-33-38(46)29-25-6-4-2/h23,26,33-34,38-41,43,46-47,49H,3-22,24-25,27-32,35-37H2,1-2H3/b26-23-,34-33+/t38-,39+,40+,41+,43+/m0/s1. The van der Waals surface area contributed by atoms with Crippen LogP contribution in [0.1, 0.15) is 200 Å². The van der Waals surface area contributed by atoms with Gasteiger partial charge in [-0.25, -0.2) is 0 Å². The number of ketones is 1. The van der Waals surface area contributed by atoms with Crippen molar-refractivity contribution in [2.75, 3.05) is 13.2 Å². The van der Waals surface area contributed by atoms with Gasteiger partial charge in [0.2, 0.25) is 0 Å². The topological polar surface area (TPSA) is 130 Å². The first-order valence-electron chi connectivity index (χ1n) is 22.0. The molecule has 1 rings (SSSR count). The number of unbranched alkanes of at least 4 members (excludes halogenated alkanes) is 21. The van der Waals surface area contributed by atoms with Gasteiger partial charge in [-0.3, -0.25) is 14.4 Å².